The Labute approximate surface area is 129 Å². The van der Waals surface area contributed by atoms with E-state index in [4.69, 9.17) is 0 Å². The number of hydrogen-bond acceptors (Lipinski definition) is 4. The van der Waals surface area contributed by atoms with Crippen LogP contribution in [0.25, 0.3) is 0 Å². The van der Waals surface area contributed by atoms with E-state index in [9.17, 15) is 14.7 Å². The predicted molar refractivity (Wildman–Crippen MR) is 80.7 cm³/mol. The first kappa shape index (κ1) is 15.3. The second kappa shape index (κ2) is 6.58. The number of aromatic nitrogens is 1. The van der Waals surface area contributed by atoms with Crippen molar-refractivity contribution in [2.24, 2.45) is 0 Å². The van der Waals surface area contributed by atoms with Crippen LogP contribution < -0.4 is 0 Å². The molecule has 0 aromatic carbocycles. The fourth-order valence-corrected chi connectivity index (χ4v) is 4.11. The van der Waals surface area contributed by atoms with E-state index >= 15 is 0 Å². The lowest BCUT2D eigenvalue weighted by atomic mass is 10.2. The number of halogens is 1. The van der Waals surface area contributed by atoms with Gasteiger partial charge in [-0.2, -0.15) is 0 Å². The SMILES string of the molecule is CCCC1SCC(C(=O)O)N1C(=O)c1cccnc1Br. The van der Waals surface area contributed by atoms with Crippen LogP contribution in [0.15, 0.2) is 22.9 Å². The van der Waals surface area contributed by atoms with Gasteiger partial charge in [-0.1, -0.05) is 13.3 Å². The molecule has 1 N–H and O–H groups in total. The van der Waals surface area contributed by atoms with Gasteiger partial charge in [0, 0.05) is 11.9 Å². The summed E-state index contributed by atoms with van der Waals surface area (Å²) in [6, 6.07) is 2.56. The lowest BCUT2D eigenvalue weighted by Crippen LogP contribution is -2.45. The van der Waals surface area contributed by atoms with Crippen LogP contribution in [0.1, 0.15) is 30.1 Å². The molecule has 7 heteroatoms. The third-order valence-electron chi connectivity index (χ3n) is 3.14. The summed E-state index contributed by atoms with van der Waals surface area (Å²) in [7, 11) is 0. The average Bonchev–Trinajstić information content (AvgIpc) is 2.83. The van der Waals surface area contributed by atoms with Crippen LogP contribution in [0.3, 0.4) is 0 Å². The third-order valence-corrected chi connectivity index (χ3v) is 5.12. The molecular formula is C13H15BrN2O3S. The highest BCUT2D eigenvalue weighted by Crippen LogP contribution is 2.34. The van der Waals surface area contributed by atoms with Gasteiger partial charge in [-0.3, -0.25) is 4.79 Å². The van der Waals surface area contributed by atoms with Crippen molar-refractivity contribution in [3.05, 3.63) is 28.5 Å². The smallest absolute Gasteiger partial charge is 0.327 e. The first-order chi connectivity index (χ1) is 9.56. The van der Waals surface area contributed by atoms with E-state index < -0.39 is 12.0 Å². The fraction of sp³-hybridized carbons (Fsp3) is 0.462. The predicted octanol–water partition coefficient (Wildman–Crippen LogP) is 2.61. The Bertz CT molecular complexity index is 526. The molecule has 0 radical (unpaired) electrons. The molecule has 2 heterocycles. The molecule has 2 atom stereocenters. The number of hydrogen-bond donors (Lipinski definition) is 1. The summed E-state index contributed by atoms with van der Waals surface area (Å²) >= 11 is 4.78. The summed E-state index contributed by atoms with van der Waals surface area (Å²) in [5.74, 6) is -0.797. The highest BCUT2D eigenvalue weighted by molar-refractivity contribution is 9.10. The molecule has 1 fully saturated rings. The number of carboxylic acid groups (broad SMARTS) is 1. The molecule has 1 saturated heterocycles. The Hall–Kier alpha value is -1.08. The van der Waals surface area contributed by atoms with Gasteiger partial charge in [0.15, 0.2) is 0 Å². The summed E-state index contributed by atoms with van der Waals surface area (Å²) < 4.78 is 0.446. The standard InChI is InChI=1S/C13H15BrN2O3S/c1-2-4-10-16(9(7-20-10)13(18)19)12(17)8-5-3-6-15-11(8)14/h3,5-6,9-10H,2,4,7H2,1H3,(H,18,19). The Morgan fingerprint density at radius 3 is 2.95 bits per heavy atom. The zero-order valence-corrected chi connectivity index (χ0v) is 13.4. The number of pyridine rings is 1. The van der Waals surface area contributed by atoms with Crippen LogP contribution >= 0.6 is 27.7 Å². The molecular weight excluding hydrogens is 344 g/mol. The van der Waals surface area contributed by atoms with E-state index in [1.807, 2.05) is 6.92 Å². The molecule has 1 aromatic heterocycles. The number of carbonyl (C=O) groups is 2. The molecule has 20 heavy (non-hydrogen) atoms. The molecule has 0 aliphatic carbocycles. The first-order valence-electron chi connectivity index (χ1n) is 6.33. The van der Waals surface area contributed by atoms with Crippen LogP contribution in [-0.2, 0) is 4.79 Å². The van der Waals surface area contributed by atoms with Gasteiger partial charge >= 0.3 is 5.97 Å². The van der Waals surface area contributed by atoms with Crippen LogP contribution in [0, 0.1) is 0 Å². The molecule has 1 amide bonds. The number of aliphatic carboxylic acids is 1. The highest BCUT2D eigenvalue weighted by Gasteiger charge is 2.41. The van der Waals surface area contributed by atoms with Gasteiger partial charge in [-0.15, -0.1) is 11.8 Å². The van der Waals surface area contributed by atoms with Crippen molar-refractivity contribution < 1.29 is 14.7 Å². The highest BCUT2D eigenvalue weighted by atomic mass is 79.9. The van der Waals surface area contributed by atoms with Crippen molar-refractivity contribution in [2.45, 2.75) is 31.2 Å². The average molecular weight is 359 g/mol. The molecule has 1 aliphatic heterocycles. The summed E-state index contributed by atoms with van der Waals surface area (Å²) in [4.78, 5) is 29.5. The van der Waals surface area contributed by atoms with Gasteiger partial charge in [-0.05, 0) is 34.5 Å². The Kier molecular flexibility index (Phi) is 5.04. The number of rotatable bonds is 4. The van der Waals surface area contributed by atoms with Gasteiger partial charge in [0.05, 0.1) is 10.9 Å². The summed E-state index contributed by atoms with van der Waals surface area (Å²) in [5.41, 5.74) is 0.405. The second-order valence-electron chi connectivity index (χ2n) is 4.48. The number of thioether (sulfide) groups is 1. The van der Waals surface area contributed by atoms with Crippen LogP contribution in [-0.4, -0.2) is 44.0 Å². The maximum atomic E-state index is 12.6. The van der Waals surface area contributed by atoms with Crippen LogP contribution in [0.5, 0.6) is 0 Å². The van der Waals surface area contributed by atoms with E-state index in [2.05, 4.69) is 20.9 Å². The van der Waals surface area contributed by atoms with Crippen molar-refractivity contribution in [2.75, 3.05) is 5.75 Å². The minimum Gasteiger partial charge on any atom is -0.480 e. The molecule has 2 rings (SSSR count). The monoisotopic (exact) mass is 358 g/mol. The largest absolute Gasteiger partial charge is 0.480 e. The topological polar surface area (TPSA) is 70.5 Å². The molecule has 108 valence electrons. The van der Waals surface area contributed by atoms with Gasteiger partial charge in [0.25, 0.3) is 5.91 Å². The number of carboxylic acids is 1. The molecule has 0 spiro atoms. The zero-order chi connectivity index (χ0) is 14.7. The van der Waals surface area contributed by atoms with E-state index in [-0.39, 0.29) is 11.3 Å². The fourth-order valence-electron chi connectivity index (χ4n) is 2.18. The van der Waals surface area contributed by atoms with Gasteiger partial charge in [-0.25, -0.2) is 9.78 Å². The summed E-state index contributed by atoms with van der Waals surface area (Å²) in [5, 5.41) is 9.22. The number of nitrogens with zero attached hydrogens (tertiary/aromatic N) is 2. The van der Waals surface area contributed by atoms with Gasteiger partial charge in [0.2, 0.25) is 0 Å². The van der Waals surface area contributed by atoms with E-state index in [1.54, 1.807) is 18.3 Å². The van der Waals surface area contributed by atoms with Crippen molar-refractivity contribution in [1.82, 2.24) is 9.88 Å². The minimum atomic E-state index is -0.954. The maximum Gasteiger partial charge on any atom is 0.327 e. The second-order valence-corrected chi connectivity index (χ2v) is 6.45. The molecule has 5 nitrogen and oxygen atoms in total. The molecule has 1 aromatic rings. The Morgan fingerprint density at radius 1 is 1.60 bits per heavy atom. The Balaban J connectivity index is 2.32. The lowest BCUT2D eigenvalue weighted by Gasteiger charge is -2.27. The number of carbonyl (C=O) groups excluding carboxylic acids is 1. The van der Waals surface area contributed by atoms with E-state index in [0.29, 0.717) is 15.9 Å². The van der Waals surface area contributed by atoms with Crippen molar-refractivity contribution >= 4 is 39.6 Å². The normalized spacial score (nSPS) is 22.0. The molecule has 0 bridgehead atoms. The van der Waals surface area contributed by atoms with Gasteiger partial charge in [0.1, 0.15) is 10.6 Å². The lowest BCUT2D eigenvalue weighted by molar-refractivity contribution is -0.141. The minimum absolute atomic E-state index is 0.0827. The molecule has 2 unspecified atom stereocenters. The third kappa shape index (κ3) is 2.98. The maximum absolute atomic E-state index is 12.6. The Morgan fingerprint density at radius 2 is 2.35 bits per heavy atom. The van der Waals surface area contributed by atoms with E-state index in [1.165, 1.54) is 16.7 Å². The quantitative estimate of drug-likeness (QED) is 0.837. The van der Waals surface area contributed by atoms with Crippen molar-refractivity contribution in [1.29, 1.82) is 0 Å². The first-order valence-corrected chi connectivity index (χ1v) is 8.18. The van der Waals surface area contributed by atoms with Crippen LogP contribution in [0.2, 0.25) is 0 Å². The summed E-state index contributed by atoms with van der Waals surface area (Å²) in [6.45, 7) is 2.03. The molecule has 0 saturated carbocycles. The van der Waals surface area contributed by atoms with E-state index in [0.717, 1.165) is 12.8 Å². The van der Waals surface area contributed by atoms with Crippen molar-refractivity contribution in [3.63, 3.8) is 0 Å². The van der Waals surface area contributed by atoms with Gasteiger partial charge < -0.3 is 10.0 Å². The molecule has 1 aliphatic rings. The van der Waals surface area contributed by atoms with Crippen LogP contribution in [0.4, 0.5) is 0 Å². The zero-order valence-electron chi connectivity index (χ0n) is 11.0. The number of amides is 1. The summed E-state index contributed by atoms with van der Waals surface area (Å²) in [6.07, 6.45) is 3.28. The van der Waals surface area contributed by atoms with Crippen molar-refractivity contribution in [3.8, 4) is 0 Å².